The number of hydrogen-bond acceptors (Lipinski definition) is 7. The second kappa shape index (κ2) is 54.1. The van der Waals surface area contributed by atoms with E-state index in [9.17, 15) is 14.4 Å². The van der Waals surface area contributed by atoms with Gasteiger partial charge in [-0.3, -0.25) is 19.2 Å². The van der Waals surface area contributed by atoms with Crippen molar-refractivity contribution in [2.24, 2.45) is 5.92 Å². The number of rotatable bonds is 8. The van der Waals surface area contributed by atoms with Gasteiger partial charge in [-0.25, -0.2) is 0 Å². The maximum Gasteiger partial charge on any atom is 0.302 e. The van der Waals surface area contributed by atoms with Crippen molar-refractivity contribution in [1.82, 2.24) is 0 Å². The molecule has 8 nitrogen and oxygen atoms in total. The van der Waals surface area contributed by atoms with Crippen LogP contribution >= 0.6 is 0 Å². The molecule has 1 N–H and O–H groups in total. The SMILES string of the molecule is C=CC.C=CC.C=CC.CC(=O)O.CCCC(C)COC(C)=O.CCCOC(C)=O.CCCOC(C)=O. The number of carboxylic acid groups (broad SMARTS) is 1. The number of ether oxygens (including phenoxy) is 3. The molecular weight excluding hydrogens is 476 g/mol. The minimum absolute atomic E-state index is 0.178. The minimum Gasteiger partial charge on any atom is -0.481 e. The van der Waals surface area contributed by atoms with Crippen molar-refractivity contribution in [2.75, 3.05) is 19.8 Å². The highest BCUT2D eigenvalue weighted by atomic mass is 16.5. The zero-order valence-corrected chi connectivity index (χ0v) is 25.7. The highest BCUT2D eigenvalue weighted by Gasteiger charge is 2.01. The van der Waals surface area contributed by atoms with Crippen molar-refractivity contribution >= 4 is 23.9 Å². The molecule has 0 aliphatic rings. The van der Waals surface area contributed by atoms with E-state index in [1.807, 2.05) is 34.6 Å². The summed E-state index contributed by atoms with van der Waals surface area (Å²) in [5, 5.41) is 7.42. The molecule has 0 aromatic carbocycles. The normalized spacial score (nSPS) is 8.30. The lowest BCUT2D eigenvalue weighted by atomic mass is 10.1. The van der Waals surface area contributed by atoms with E-state index < -0.39 is 5.97 Å². The van der Waals surface area contributed by atoms with E-state index in [1.165, 1.54) is 20.8 Å². The molecule has 0 saturated carbocycles. The van der Waals surface area contributed by atoms with Crippen molar-refractivity contribution in [3.8, 4) is 0 Å². The van der Waals surface area contributed by atoms with E-state index in [0.29, 0.717) is 25.7 Å². The number of carboxylic acids is 1. The Balaban J connectivity index is -0.0000000600. The fraction of sp³-hybridized carbons (Fsp3) is 0.655. The summed E-state index contributed by atoms with van der Waals surface area (Å²) in [5.74, 6) is -0.888. The van der Waals surface area contributed by atoms with Crippen LogP contribution in [-0.2, 0) is 33.4 Å². The summed E-state index contributed by atoms with van der Waals surface area (Å²) in [5.41, 5.74) is 0. The molecule has 0 aliphatic heterocycles. The van der Waals surface area contributed by atoms with Crippen LogP contribution in [0, 0.1) is 5.92 Å². The molecule has 1 unspecified atom stereocenters. The summed E-state index contributed by atoms with van der Waals surface area (Å²) in [6, 6.07) is 0. The first-order chi connectivity index (χ1) is 17.2. The number of hydrogen-bond donors (Lipinski definition) is 1. The van der Waals surface area contributed by atoms with E-state index in [-0.39, 0.29) is 17.9 Å². The Hall–Kier alpha value is -2.90. The molecule has 8 heteroatoms. The summed E-state index contributed by atoms with van der Waals surface area (Å²) in [6.07, 6.45) is 9.34. The zero-order valence-electron chi connectivity index (χ0n) is 25.7. The molecule has 37 heavy (non-hydrogen) atoms. The molecule has 0 fully saturated rings. The molecule has 0 spiro atoms. The van der Waals surface area contributed by atoms with Crippen molar-refractivity contribution in [1.29, 1.82) is 0 Å². The maximum atomic E-state index is 10.3. The monoisotopic (exact) mass is 534 g/mol. The van der Waals surface area contributed by atoms with Crippen molar-refractivity contribution < 1.29 is 38.5 Å². The van der Waals surface area contributed by atoms with Gasteiger partial charge in [0.2, 0.25) is 0 Å². The van der Waals surface area contributed by atoms with Crippen LogP contribution in [0.5, 0.6) is 0 Å². The van der Waals surface area contributed by atoms with Crippen LogP contribution in [-0.4, -0.2) is 48.8 Å². The lowest BCUT2D eigenvalue weighted by molar-refractivity contribution is -0.142. The number of aliphatic carboxylic acids is 1. The predicted octanol–water partition coefficient (Wildman–Crippen LogP) is 7.57. The van der Waals surface area contributed by atoms with Crippen LogP contribution < -0.4 is 0 Å². The highest BCUT2D eigenvalue weighted by molar-refractivity contribution is 5.66. The lowest BCUT2D eigenvalue weighted by Crippen LogP contribution is -2.08. The number of carbonyl (C=O) groups is 4. The van der Waals surface area contributed by atoms with Gasteiger partial charge in [-0.15, -0.1) is 19.7 Å². The van der Waals surface area contributed by atoms with Gasteiger partial charge >= 0.3 is 17.9 Å². The third-order valence-electron chi connectivity index (χ3n) is 2.37. The van der Waals surface area contributed by atoms with Gasteiger partial charge in [0.1, 0.15) is 0 Å². The van der Waals surface area contributed by atoms with Crippen LogP contribution in [0.15, 0.2) is 38.0 Å². The molecular formula is C29H58O8. The van der Waals surface area contributed by atoms with Crippen molar-refractivity contribution in [3.05, 3.63) is 38.0 Å². The number of carbonyl (C=O) groups excluding carboxylic acids is 3. The molecule has 0 bridgehead atoms. The molecule has 0 saturated heterocycles. The van der Waals surface area contributed by atoms with Gasteiger partial charge in [0.05, 0.1) is 19.8 Å². The summed E-state index contributed by atoms with van der Waals surface area (Å²) in [7, 11) is 0. The van der Waals surface area contributed by atoms with Gasteiger partial charge in [0, 0.05) is 27.7 Å². The Morgan fingerprint density at radius 3 is 1.05 bits per heavy atom. The van der Waals surface area contributed by atoms with Gasteiger partial charge < -0.3 is 19.3 Å². The average Bonchev–Trinajstić information content (AvgIpc) is 2.77. The number of allylic oxidation sites excluding steroid dienone is 3. The van der Waals surface area contributed by atoms with Gasteiger partial charge in [-0.2, -0.15) is 0 Å². The Bertz CT molecular complexity index is 478. The molecule has 0 aliphatic carbocycles. The first kappa shape index (κ1) is 50.9. The number of esters is 3. The van der Waals surface area contributed by atoms with Crippen molar-refractivity contribution in [2.45, 2.75) is 102 Å². The van der Waals surface area contributed by atoms with Gasteiger partial charge in [-0.05, 0) is 46.0 Å². The third kappa shape index (κ3) is 187. The minimum atomic E-state index is -0.833. The quantitative estimate of drug-likeness (QED) is 0.192. The van der Waals surface area contributed by atoms with E-state index >= 15 is 0 Å². The third-order valence-corrected chi connectivity index (χ3v) is 2.37. The molecule has 0 amide bonds. The molecule has 222 valence electrons. The van der Waals surface area contributed by atoms with E-state index in [0.717, 1.165) is 32.6 Å². The van der Waals surface area contributed by atoms with E-state index in [2.05, 4.69) is 43.1 Å². The molecule has 0 rings (SSSR count). The van der Waals surface area contributed by atoms with Gasteiger partial charge in [-0.1, -0.05) is 52.3 Å². The fourth-order valence-electron chi connectivity index (χ4n) is 1.33. The standard InChI is InChI=1S/C8H16O2.2C5H10O2.3C3H6.C2H4O2/c1-4-5-7(2)6-10-8(3)9;2*1-3-4-7-5(2)6;3*1-3-2;1-2(3)4/h7H,4-6H2,1-3H3;2*3-4H2,1-2H3;3*3H,1H2,2H3;1H3,(H,3,4). The largest absolute Gasteiger partial charge is 0.481 e. The zero-order chi connectivity index (χ0) is 31.1. The maximum absolute atomic E-state index is 10.3. The van der Waals surface area contributed by atoms with Crippen LogP contribution in [0.25, 0.3) is 0 Å². The predicted molar refractivity (Wildman–Crippen MR) is 155 cm³/mol. The van der Waals surface area contributed by atoms with E-state index in [4.69, 9.17) is 14.6 Å². The second-order valence-corrected chi connectivity index (χ2v) is 7.12. The van der Waals surface area contributed by atoms with Gasteiger partial charge in [0.25, 0.3) is 5.97 Å². The summed E-state index contributed by atoms with van der Waals surface area (Å²) >= 11 is 0. The topological polar surface area (TPSA) is 116 Å². The van der Waals surface area contributed by atoms with Crippen LogP contribution in [0.2, 0.25) is 0 Å². The Morgan fingerprint density at radius 2 is 0.919 bits per heavy atom. The molecule has 0 heterocycles. The molecule has 0 aromatic heterocycles. The highest BCUT2D eigenvalue weighted by Crippen LogP contribution is 2.04. The fourth-order valence-corrected chi connectivity index (χ4v) is 1.33. The first-order valence-corrected chi connectivity index (χ1v) is 12.5. The smallest absolute Gasteiger partial charge is 0.302 e. The molecule has 1 atom stereocenters. The van der Waals surface area contributed by atoms with Crippen LogP contribution in [0.1, 0.15) is 102 Å². The van der Waals surface area contributed by atoms with Crippen molar-refractivity contribution in [3.63, 3.8) is 0 Å². The molecule has 0 aromatic rings. The summed E-state index contributed by atoms with van der Waals surface area (Å²) < 4.78 is 13.9. The summed E-state index contributed by atoms with van der Waals surface area (Å²) in [6.45, 7) is 30.9. The first-order valence-electron chi connectivity index (χ1n) is 12.5. The Morgan fingerprint density at radius 1 is 0.676 bits per heavy atom. The average molecular weight is 535 g/mol. The van der Waals surface area contributed by atoms with Crippen LogP contribution in [0.4, 0.5) is 0 Å². The summed E-state index contributed by atoms with van der Waals surface area (Å²) in [4.78, 5) is 39.3. The van der Waals surface area contributed by atoms with Crippen LogP contribution in [0.3, 0.4) is 0 Å². The van der Waals surface area contributed by atoms with Gasteiger partial charge in [0.15, 0.2) is 0 Å². The lowest BCUT2D eigenvalue weighted by Gasteiger charge is -2.08. The molecule has 0 radical (unpaired) electrons. The Kier molecular flexibility index (Phi) is 74.4. The second-order valence-electron chi connectivity index (χ2n) is 7.12. The van der Waals surface area contributed by atoms with E-state index in [1.54, 1.807) is 18.2 Å². The Labute approximate surface area is 228 Å².